The van der Waals surface area contributed by atoms with Crippen LogP contribution in [0.15, 0.2) is 24.3 Å². The highest BCUT2D eigenvalue weighted by Gasteiger charge is 2.13. The Morgan fingerprint density at radius 2 is 2.05 bits per heavy atom. The van der Waals surface area contributed by atoms with Gasteiger partial charge in [-0.25, -0.2) is 9.37 Å². The van der Waals surface area contributed by atoms with Crippen LogP contribution < -0.4 is 11.5 Å². The van der Waals surface area contributed by atoms with Crippen molar-refractivity contribution in [1.82, 2.24) is 9.97 Å². The van der Waals surface area contributed by atoms with Crippen molar-refractivity contribution in [3.05, 3.63) is 35.6 Å². The first-order valence-electron chi connectivity index (χ1n) is 5.37. The van der Waals surface area contributed by atoms with Crippen molar-refractivity contribution in [2.45, 2.75) is 6.42 Å². The Balaban J connectivity index is 2.50. The van der Waals surface area contributed by atoms with Gasteiger partial charge >= 0.3 is 5.97 Å². The third-order valence-corrected chi connectivity index (χ3v) is 2.45. The molecule has 98 valence electrons. The van der Waals surface area contributed by atoms with Crippen LogP contribution in [-0.4, -0.2) is 21.0 Å². The first-order valence-corrected chi connectivity index (χ1v) is 5.37. The Kier molecular flexibility index (Phi) is 3.28. The highest BCUT2D eigenvalue weighted by atomic mass is 19.1. The van der Waals surface area contributed by atoms with E-state index in [-0.39, 0.29) is 23.9 Å². The van der Waals surface area contributed by atoms with Crippen LogP contribution in [0.3, 0.4) is 0 Å². The first-order chi connectivity index (χ1) is 8.97. The maximum atomic E-state index is 13.8. The van der Waals surface area contributed by atoms with Crippen molar-refractivity contribution >= 4 is 17.7 Å². The van der Waals surface area contributed by atoms with Gasteiger partial charge in [0.2, 0.25) is 5.95 Å². The van der Waals surface area contributed by atoms with E-state index in [0.717, 1.165) is 0 Å². The maximum Gasteiger partial charge on any atom is 0.307 e. The van der Waals surface area contributed by atoms with Gasteiger partial charge in [-0.3, -0.25) is 4.79 Å². The van der Waals surface area contributed by atoms with Gasteiger partial charge < -0.3 is 16.6 Å². The number of nitrogen functional groups attached to an aromatic ring is 2. The summed E-state index contributed by atoms with van der Waals surface area (Å²) in [6.07, 6.45) is -0.161. The van der Waals surface area contributed by atoms with Gasteiger partial charge in [-0.05, 0) is 11.6 Å². The average Bonchev–Trinajstić information content (AvgIpc) is 2.33. The fraction of sp³-hybridized carbons (Fsp3) is 0.0833. The highest BCUT2D eigenvalue weighted by Crippen LogP contribution is 2.25. The molecule has 0 bridgehead atoms. The van der Waals surface area contributed by atoms with Crippen molar-refractivity contribution < 1.29 is 14.3 Å². The van der Waals surface area contributed by atoms with Crippen LogP contribution in [0.4, 0.5) is 16.2 Å². The number of carbonyl (C=O) groups is 1. The zero-order valence-electron chi connectivity index (χ0n) is 9.80. The minimum atomic E-state index is -0.973. The molecule has 19 heavy (non-hydrogen) atoms. The van der Waals surface area contributed by atoms with Crippen molar-refractivity contribution in [3.63, 3.8) is 0 Å². The third-order valence-electron chi connectivity index (χ3n) is 2.45. The van der Waals surface area contributed by atoms with Gasteiger partial charge in [0.25, 0.3) is 0 Å². The topological polar surface area (TPSA) is 115 Å². The Morgan fingerprint density at radius 1 is 1.32 bits per heavy atom. The second kappa shape index (κ2) is 4.89. The molecule has 2 rings (SSSR count). The van der Waals surface area contributed by atoms with Gasteiger partial charge in [0, 0.05) is 5.56 Å². The number of halogens is 1. The molecule has 0 atom stereocenters. The number of carboxylic acids is 1. The molecule has 0 amide bonds. The number of carboxylic acid groups (broad SMARTS) is 1. The van der Waals surface area contributed by atoms with E-state index >= 15 is 0 Å². The van der Waals surface area contributed by atoms with Crippen molar-refractivity contribution in [1.29, 1.82) is 0 Å². The number of anilines is 2. The predicted molar refractivity (Wildman–Crippen MR) is 67.6 cm³/mol. The maximum absolute atomic E-state index is 13.8. The second-order valence-corrected chi connectivity index (χ2v) is 3.90. The van der Waals surface area contributed by atoms with Gasteiger partial charge in [-0.15, -0.1) is 0 Å². The number of benzene rings is 1. The summed E-state index contributed by atoms with van der Waals surface area (Å²) in [6.45, 7) is 0. The molecular weight excluding hydrogens is 251 g/mol. The molecule has 0 aliphatic heterocycles. The lowest BCUT2D eigenvalue weighted by molar-refractivity contribution is -0.136. The normalized spacial score (nSPS) is 10.4. The molecule has 0 aliphatic carbocycles. The summed E-state index contributed by atoms with van der Waals surface area (Å²) in [5.74, 6) is -2.23. The van der Waals surface area contributed by atoms with Crippen LogP contribution in [0, 0.1) is 5.82 Å². The molecule has 0 saturated carbocycles. The molecule has 0 unspecified atom stereocenters. The largest absolute Gasteiger partial charge is 0.481 e. The van der Waals surface area contributed by atoms with E-state index in [1.54, 1.807) is 18.2 Å². The van der Waals surface area contributed by atoms with Crippen LogP contribution in [0.1, 0.15) is 5.56 Å². The molecule has 6 nitrogen and oxygen atoms in total. The van der Waals surface area contributed by atoms with Crippen LogP contribution in [0.2, 0.25) is 0 Å². The number of aliphatic carboxylic acids is 1. The summed E-state index contributed by atoms with van der Waals surface area (Å²) < 4.78 is 13.8. The summed E-state index contributed by atoms with van der Waals surface area (Å²) in [5, 5.41) is 8.73. The van der Waals surface area contributed by atoms with Crippen LogP contribution in [-0.2, 0) is 11.2 Å². The van der Waals surface area contributed by atoms with Gasteiger partial charge in [-0.1, -0.05) is 18.2 Å². The fourth-order valence-electron chi connectivity index (χ4n) is 1.68. The fourth-order valence-corrected chi connectivity index (χ4v) is 1.68. The summed E-state index contributed by atoms with van der Waals surface area (Å²) in [4.78, 5) is 17.9. The smallest absolute Gasteiger partial charge is 0.307 e. The molecule has 1 aromatic heterocycles. The number of rotatable bonds is 3. The Hall–Kier alpha value is -2.70. The molecule has 1 heterocycles. The summed E-state index contributed by atoms with van der Waals surface area (Å²) in [7, 11) is 0. The monoisotopic (exact) mass is 262 g/mol. The molecule has 0 aliphatic rings. The van der Waals surface area contributed by atoms with E-state index in [1.807, 2.05) is 0 Å². The lowest BCUT2D eigenvalue weighted by atomic mass is 10.1. The van der Waals surface area contributed by atoms with E-state index in [9.17, 15) is 9.18 Å². The van der Waals surface area contributed by atoms with Gasteiger partial charge in [0.05, 0.1) is 6.42 Å². The van der Waals surface area contributed by atoms with E-state index in [1.165, 1.54) is 6.07 Å². The van der Waals surface area contributed by atoms with Gasteiger partial charge in [-0.2, -0.15) is 4.98 Å². The summed E-state index contributed by atoms with van der Waals surface area (Å²) in [5.41, 5.74) is 11.7. The van der Waals surface area contributed by atoms with Gasteiger partial charge in [0.15, 0.2) is 11.6 Å². The van der Waals surface area contributed by atoms with Crippen molar-refractivity contribution in [2.75, 3.05) is 11.5 Å². The quantitative estimate of drug-likeness (QED) is 0.762. The number of aromatic nitrogens is 2. The zero-order chi connectivity index (χ0) is 14.0. The Labute approximate surface area is 107 Å². The standard InChI is InChI=1S/C12H11FN4O2/c13-9-10(16-12(15)17-11(9)14)7-3-1-2-6(4-7)5-8(18)19/h1-4H,5H2,(H,18,19)(H4,14,15,16,17). The minimum Gasteiger partial charge on any atom is -0.481 e. The SMILES string of the molecule is Nc1nc(N)c(F)c(-c2cccc(CC(=O)O)c2)n1. The summed E-state index contributed by atoms with van der Waals surface area (Å²) in [6, 6.07) is 6.36. The molecular formula is C12H11FN4O2. The highest BCUT2D eigenvalue weighted by molar-refractivity contribution is 5.72. The number of nitrogens with zero attached hydrogens (tertiary/aromatic N) is 2. The van der Waals surface area contributed by atoms with Crippen molar-refractivity contribution in [3.8, 4) is 11.3 Å². The van der Waals surface area contributed by atoms with E-state index < -0.39 is 11.8 Å². The molecule has 0 spiro atoms. The second-order valence-electron chi connectivity index (χ2n) is 3.90. The summed E-state index contributed by atoms with van der Waals surface area (Å²) >= 11 is 0. The molecule has 0 fully saturated rings. The Bertz CT molecular complexity index is 646. The molecule has 2 aromatic rings. The average molecular weight is 262 g/mol. The van der Waals surface area contributed by atoms with E-state index in [0.29, 0.717) is 11.1 Å². The zero-order valence-corrected chi connectivity index (χ0v) is 9.80. The number of hydrogen-bond acceptors (Lipinski definition) is 5. The van der Waals surface area contributed by atoms with Crippen LogP contribution in [0.5, 0.6) is 0 Å². The van der Waals surface area contributed by atoms with Crippen LogP contribution in [0.25, 0.3) is 11.3 Å². The van der Waals surface area contributed by atoms with Crippen molar-refractivity contribution in [2.24, 2.45) is 0 Å². The minimum absolute atomic E-state index is 0.0442. The molecule has 0 saturated heterocycles. The van der Waals surface area contributed by atoms with Crippen LogP contribution >= 0.6 is 0 Å². The third kappa shape index (κ3) is 2.76. The molecule has 5 N–H and O–H groups in total. The molecule has 0 radical (unpaired) electrons. The van der Waals surface area contributed by atoms with E-state index in [4.69, 9.17) is 16.6 Å². The molecule has 7 heteroatoms. The molecule has 1 aromatic carbocycles. The number of nitrogens with two attached hydrogens (primary N) is 2. The lowest BCUT2D eigenvalue weighted by Crippen LogP contribution is -2.05. The first kappa shape index (κ1) is 12.7. The number of hydrogen-bond donors (Lipinski definition) is 3. The van der Waals surface area contributed by atoms with E-state index in [2.05, 4.69) is 9.97 Å². The predicted octanol–water partition coefficient (Wildman–Crippen LogP) is 1.07. The Morgan fingerprint density at radius 3 is 2.74 bits per heavy atom. The van der Waals surface area contributed by atoms with Gasteiger partial charge in [0.1, 0.15) is 5.69 Å². The lowest BCUT2D eigenvalue weighted by Gasteiger charge is -2.07.